The predicted octanol–water partition coefficient (Wildman–Crippen LogP) is 5.65. The number of rotatable bonds is 6. The van der Waals surface area contributed by atoms with Crippen LogP contribution in [0.15, 0.2) is 71.2 Å². The average molecular weight is 465 g/mol. The van der Waals surface area contributed by atoms with E-state index in [9.17, 15) is 9.59 Å². The first kappa shape index (κ1) is 21.5. The third kappa shape index (κ3) is 5.64. The molecule has 0 aliphatic carbocycles. The molecule has 1 amide bonds. The van der Waals surface area contributed by atoms with Crippen LogP contribution in [-0.4, -0.2) is 23.5 Å². The van der Waals surface area contributed by atoms with Crippen molar-refractivity contribution < 1.29 is 14.3 Å². The van der Waals surface area contributed by atoms with Crippen LogP contribution in [0.4, 0.5) is 5.69 Å². The van der Waals surface area contributed by atoms with E-state index in [0.29, 0.717) is 23.6 Å². The Morgan fingerprint density at radius 2 is 1.87 bits per heavy atom. The lowest BCUT2D eigenvalue weighted by Gasteiger charge is -2.09. The highest BCUT2D eigenvalue weighted by molar-refractivity contribution is 9.10. The summed E-state index contributed by atoms with van der Waals surface area (Å²) in [5.41, 5.74) is 4.44. The minimum absolute atomic E-state index is 0.226. The van der Waals surface area contributed by atoms with Gasteiger partial charge in [-0.1, -0.05) is 40.2 Å². The fraction of sp³-hybridized carbons (Fsp3) is 0.125. The van der Waals surface area contributed by atoms with E-state index in [1.165, 1.54) is 6.08 Å². The van der Waals surface area contributed by atoms with Crippen LogP contribution < -0.4 is 5.32 Å². The molecule has 6 heteroatoms. The Kier molecular flexibility index (Phi) is 7.14. The topological polar surface area (TPSA) is 68.3 Å². The molecule has 1 heterocycles. The first-order valence-electron chi connectivity index (χ1n) is 9.46. The monoisotopic (exact) mass is 464 g/mol. The Morgan fingerprint density at radius 3 is 2.53 bits per heavy atom. The highest BCUT2D eigenvalue weighted by Crippen LogP contribution is 2.23. The zero-order chi connectivity index (χ0) is 21.5. The van der Waals surface area contributed by atoms with E-state index in [2.05, 4.69) is 26.2 Å². The average Bonchev–Trinajstić information content (AvgIpc) is 2.73. The molecule has 0 aliphatic rings. The molecule has 0 spiro atoms. The molecule has 152 valence electrons. The zero-order valence-corrected chi connectivity index (χ0v) is 18.3. The summed E-state index contributed by atoms with van der Waals surface area (Å²) >= 11 is 3.46. The van der Waals surface area contributed by atoms with Gasteiger partial charge in [0.1, 0.15) is 0 Å². The van der Waals surface area contributed by atoms with Crippen molar-refractivity contribution in [3.8, 4) is 11.3 Å². The lowest BCUT2D eigenvalue weighted by Crippen LogP contribution is -2.14. The molecule has 0 fully saturated rings. The fourth-order valence-electron chi connectivity index (χ4n) is 2.84. The number of benzene rings is 2. The second-order valence-corrected chi connectivity index (χ2v) is 7.42. The van der Waals surface area contributed by atoms with Crippen molar-refractivity contribution in [3.05, 3.63) is 88.0 Å². The number of carbonyl (C=O) groups is 2. The Bertz CT molecular complexity index is 1090. The van der Waals surface area contributed by atoms with Crippen LogP contribution in [0, 0.1) is 6.92 Å². The highest BCUT2D eigenvalue weighted by atomic mass is 79.9. The summed E-state index contributed by atoms with van der Waals surface area (Å²) in [5.74, 6) is -0.611. The standard InChI is InChI=1S/C24H21BrN2O3/c1-3-30-23(28)14-9-17-7-10-20(11-8-17)27-24(29)21-12-13-22(26-16(21)2)18-5-4-6-19(25)15-18/h4-15H,3H2,1-2H3,(H,27,29). The van der Waals surface area contributed by atoms with Gasteiger partial charge in [-0.2, -0.15) is 0 Å². The second kappa shape index (κ2) is 9.98. The fourth-order valence-corrected chi connectivity index (χ4v) is 3.24. The number of hydrogen-bond acceptors (Lipinski definition) is 4. The van der Waals surface area contributed by atoms with Crippen molar-refractivity contribution in [2.75, 3.05) is 11.9 Å². The predicted molar refractivity (Wildman–Crippen MR) is 122 cm³/mol. The molecule has 0 atom stereocenters. The van der Waals surface area contributed by atoms with Gasteiger partial charge in [-0.25, -0.2) is 4.79 Å². The molecule has 30 heavy (non-hydrogen) atoms. The van der Waals surface area contributed by atoms with Gasteiger partial charge >= 0.3 is 5.97 Å². The first-order valence-corrected chi connectivity index (χ1v) is 10.3. The van der Waals surface area contributed by atoms with Gasteiger partial charge in [-0.3, -0.25) is 9.78 Å². The van der Waals surface area contributed by atoms with E-state index in [0.717, 1.165) is 21.3 Å². The second-order valence-electron chi connectivity index (χ2n) is 6.50. The van der Waals surface area contributed by atoms with Gasteiger partial charge in [0.2, 0.25) is 0 Å². The number of aryl methyl sites for hydroxylation is 1. The minimum atomic E-state index is -0.385. The minimum Gasteiger partial charge on any atom is -0.463 e. The number of carbonyl (C=O) groups excluding carboxylic acids is 2. The maximum atomic E-state index is 12.7. The molecule has 0 saturated heterocycles. The van der Waals surface area contributed by atoms with Crippen LogP contribution in [0.1, 0.15) is 28.5 Å². The molecule has 0 bridgehead atoms. The van der Waals surface area contributed by atoms with E-state index in [4.69, 9.17) is 4.74 Å². The third-order valence-corrected chi connectivity index (χ3v) is 4.81. The van der Waals surface area contributed by atoms with Crippen LogP contribution >= 0.6 is 15.9 Å². The number of nitrogens with one attached hydrogen (secondary N) is 1. The van der Waals surface area contributed by atoms with Gasteiger partial charge < -0.3 is 10.1 Å². The summed E-state index contributed by atoms with van der Waals surface area (Å²) in [4.78, 5) is 28.6. The smallest absolute Gasteiger partial charge is 0.330 e. The van der Waals surface area contributed by atoms with Gasteiger partial charge in [0.25, 0.3) is 5.91 Å². The number of esters is 1. The van der Waals surface area contributed by atoms with Gasteiger partial charge in [-0.05, 0) is 61.9 Å². The maximum Gasteiger partial charge on any atom is 0.330 e. The molecule has 3 aromatic rings. The maximum absolute atomic E-state index is 12.7. The van der Waals surface area contributed by atoms with Gasteiger partial charge in [0, 0.05) is 21.8 Å². The summed E-state index contributed by atoms with van der Waals surface area (Å²) in [7, 11) is 0. The largest absolute Gasteiger partial charge is 0.463 e. The molecule has 2 aromatic carbocycles. The number of pyridine rings is 1. The molecule has 0 aliphatic heterocycles. The van der Waals surface area contributed by atoms with Gasteiger partial charge in [0.05, 0.1) is 23.6 Å². The summed E-state index contributed by atoms with van der Waals surface area (Å²) in [6.07, 6.45) is 3.04. The number of ether oxygens (including phenoxy) is 1. The van der Waals surface area contributed by atoms with Crippen LogP contribution in [0.2, 0.25) is 0 Å². The van der Waals surface area contributed by atoms with Crippen LogP contribution in [0.25, 0.3) is 17.3 Å². The molecule has 1 aromatic heterocycles. The molecular weight excluding hydrogens is 444 g/mol. The van der Waals surface area contributed by atoms with Crippen molar-refractivity contribution in [1.82, 2.24) is 4.98 Å². The number of nitrogens with zero attached hydrogens (tertiary/aromatic N) is 1. The lowest BCUT2D eigenvalue weighted by atomic mass is 10.1. The van der Waals surface area contributed by atoms with E-state index in [1.54, 1.807) is 31.2 Å². The van der Waals surface area contributed by atoms with Gasteiger partial charge in [-0.15, -0.1) is 0 Å². The SMILES string of the molecule is CCOC(=O)C=Cc1ccc(NC(=O)c2ccc(-c3cccc(Br)c3)nc2C)cc1. The van der Waals surface area contributed by atoms with Crippen molar-refractivity contribution in [1.29, 1.82) is 0 Å². The number of amides is 1. The van der Waals surface area contributed by atoms with E-state index in [-0.39, 0.29) is 11.9 Å². The molecule has 0 saturated carbocycles. The van der Waals surface area contributed by atoms with Gasteiger partial charge in [0.15, 0.2) is 0 Å². The number of halogens is 1. The Hall–Kier alpha value is -3.25. The number of hydrogen-bond donors (Lipinski definition) is 1. The molecule has 0 unspecified atom stereocenters. The highest BCUT2D eigenvalue weighted by Gasteiger charge is 2.12. The molecular formula is C24H21BrN2O3. The summed E-state index contributed by atoms with van der Waals surface area (Å²) in [6.45, 7) is 3.92. The van der Waals surface area contributed by atoms with Crippen molar-refractivity contribution >= 4 is 39.6 Å². The summed E-state index contributed by atoms with van der Waals surface area (Å²) < 4.78 is 5.83. The quantitative estimate of drug-likeness (QED) is 0.378. The van der Waals surface area contributed by atoms with Crippen molar-refractivity contribution in [2.45, 2.75) is 13.8 Å². The first-order chi connectivity index (χ1) is 14.5. The Labute approximate surface area is 183 Å². The molecule has 0 radical (unpaired) electrons. The number of aromatic nitrogens is 1. The van der Waals surface area contributed by atoms with Crippen LogP contribution in [0.3, 0.4) is 0 Å². The Morgan fingerprint density at radius 1 is 1.10 bits per heavy atom. The van der Waals surface area contributed by atoms with Crippen molar-refractivity contribution in [2.24, 2.45) is 0 Å². The van der Waals surface area contributed by atoms with Crippen molar-refractivity contribution in [3.63, 3.8) is 0 Å². The molecule has 1 N–H and O–H groups in total. The molecule has 5 nitrogen and oxygen atoms in total. The van der Waals surface area contributed by atoms with Crippen LogP contribution in [-0.2, 0) is 9.53 Å². The van der Waals surface area contributed by atoms with E-state index in [1.807, 2.05) is 49.4 Å². The third-order valence-electron chi connectivity index (χ3n) is 4.32. The summed E-state index contributed by atoms with van der Waals surface area (Å²) in [5, 5.41) is 2.88. The normalized spacial score (nSPS) is 10.8. The Balaban J connectivity index is 1.69. The molecule has 3 rings (SSSR count). The number of anilines is 1. The van der Waals surface area contributed by atoms with Crippen LogP contribution in [0.5, 0.6) is 0 Å². The summed E-state index contributed by atoms with van der Waals surface area (Å²) in [6, 6.07) is 18.7. The zero-order valence-electron chi connectivity index (χ0n) is 16.7. The lowest BCUT2D eigenvalue weighted by molar-refractivity contribution is -0.137. The van der Waals surface area contributed by atoms with E-state index < -0.39 is 0 Å². The van der Waals surface area contributed by atoms with E-state index >= 15 is 0 Å².